The van der Waals surface area contributed by atoms with E-state index in [9.17, 15) is 4.79 Å². The van der Waals surface area contributed by atoms with Crippen LogP contribution >= 0.6 is 23.2 Å². The van der Waals surface area contributed by atoms with Crippen molar-refractivity contribution in [3.63, 3.8) is 0 Å². The van der Waals surface area contributed by atoms with Gasteiger partial charge in [-0.15, -0.1) is 0 Å². The van der Waals surface area contributed by atoms with Crippen LogP contribution in [0.4, 0.5) is 5.69 Å². The summed E-state index contributed by atoms with van der Waals surface area (Å²) < 4.78 is 5.11. The number of hydrogen-bond donors (Lipinski definition) is 1. The molecule has 18 heavy (non-hydrogen) atoms. The van der Waals surface area contributed by atoms with Gasteiger partial charge in [-0.3, -0.25) is 0 Å². The van der Waals surface area contributed by atoms with E-state index >= 15 is 0 Å². The first-order valence-electron chi connectivity index (χ1n) is 5.92. The highest BCUT2D eigenvalue weighted by Crippen LogP contribution is 2.25. The molecule has 3 nitrogen and oxygen atoms in total. The van der Waals surface area contributed by atoms with E-state index in [1.54, 1.807) is 25.1 Å². The molecule has 0 amide bonds. The SMILES string of the molecule is CCCCOC(=O)C(C)Nc1ccc(Cl)c(Cl)c1. The minimum absolute atomic E-state index is 0.269. The smallest absolute Gasteiger partial charge is 0.328 e. The topological polar surface area (TPSA) is 38.3 Å². The Morgan fingerprint density at radius 2 is 2.11 bits per heavy atom. The van der Waals surface area contributed by atoms with E-state index in [2.05, 4.69) is 5.32 Å². The summed E-state index contributed by atoms with van der Waals surface area (Å²) in [6, 6.07) is 4.71. The van der Waals surface area contributed by atoms with Gasteiger partial charge in [0.05, 0.1) is 16.7 Å². The number of unbranched alkanes of at least 4 members (excludes halogenated alkanes) is 1. The molecule has 0 aliphatic heterocycles. The van der Waals surface area contributed by atoms with Gasteiger partial charge in [-0.2, -0.15) is 0 Å². The maximum Gasteiger partial charge on any atom is 0.328 e. The number of carbonyl (C=O) groups excluding carboxylic acids is 1. The van der Waals surface area contributed by atoms with Gasteiger partial charge in [0.15, 0.2) is 0 Å². The highest BCUT2D eigenvalue weighted by molar-refractivity contribution is 6.42. The van der Waals surface area contributed by atoms with Crippen molar-refractivity contribution in [3.05, 3.63) is 28.2 Å². The lowest BCUT2D eigenvalue weighted by Gasteiger charge is -2.14. The fourth-order valence-electron chi connectivity index (χ4n) is 1.34. The van der Waals surface area contributed by atoms with Crippen molar-refractivity contribution >= 4 is 34.9 Å². The second-order valence-corrected chi connectivity index (χ2v) is 4.83. The summed E-state index contributed by atoms with van der Waals surface area (Å²) in [5.41, 5.74) is 0.740. The lowest BCUT2D eigenvalue weighted by Crippen LogP contribution is -2.28. The molecule has 1 aromatic rings. The van der Waals surface area contributed by atoms with Gasteiger partial charge in [0, 0.05) is 5.69 Å². The summed E-state index contributed by atoms with van der Waals surface area (Å²) >= 11 is 11.7. The molecule has 1 atom stereocenters. The van der Waals surface area contributed by atoms with Crippen LogP contribution in [0.1, 0.15) is 26.7 Å². The molecule has 0 aromatic heterocycles. The summed E-state index contributed by atoms with van der Waals surface area (Å²) in [6.07, 6.45) is 1.88. The minimum atomic E-state index is -0.418. The molecule has 100 valence electrons. The normalized spacial score (nSPS) is 12.0. The summed E-state index contributed by atoms with van der Waals surface area (Å²) in [5, 5.41) is 3.96. The molecular weight excluding hydrogens is 273 g/mol. The van der Waals surface area contributed by atoms with E-state index in [0.717, 1.165) is 18.5 Å². The van der Waals surface area contributed by atoms with Crippen LogP contribution in [0.15, 0.2) is 18.2 Å². The van der Waals surface area contributed by atoms with Gasteiger partial charge in [-0.25, -0.2) is 4.79 Å². The zero-order valence-electron chi connectivity index (χ0n) is 10.5. The van der Waals surface area contributed by atoms with Crippen LogP contribution in [0.3, 0.4) is 0 Å². The molecule has 0 saturated heterocycles. The van der Waals surface area contributed by atoms with Gasteiger partial charge in [0.25, 0.3) is 0 Å². The van der Waals surface area contributed by atoms with Crippen LogP contribution in [-0.4, -0.2) is 18.6 Å². The lowest BCUT2D eigenvalue weighted by atomic mass is 10.2. The highest BCUT2D eigenvalue weighted by Gasteiger charge is 2.14. The zero-order chi connectivity index (χ0) is 13.5. The zero-order valence-corrected chi connectivity index (χ0v) is 12.0. The molecule has 0 spiro atoms. The third-order valence-corrected chi connectivity index (χ3v) is 3.14. The molecule has 1 N–H and O–H groups in total. The van der Waals surface area contributed by atoms with Crippen molar-refractivity contribution in [1.29, 1.82) is 0 Å². The second kappa shape index (κ2) is 7.49. The Labute approximate surface area is 117 Å². The third kappa shape index (κ3) is 4.75. The van der Waals surface area contributed by atoms with Crippen molar-refractivity contribution in [2.45, 2.75) is 32.7 Å². The first-order chi connectivity index (χ1) is 8.54. The molecule has 0 fully saturated rings. The number of hydrogen-bond acceptors (Lipinski definition) is 3. The highest BCUT2D eigenvalue weighted by atomic mass is 35.5. The maximum absolute atomic E-state index is 11.6. The van der Waals surface area contributed by atoms with Crippen LogP contribution in [0.5, 0.6) is 0 Å². The van der Waals surface area contributed by atoms with Gasteiger partial charge >= 0.3 is 5.97 Å². The molecule has 0 bridgehead atoms. The van der Waals surface area contributed by atoms with Gasteiger partial charge in [0.2, 0.25) is 0 Å². The minimum Gasteiger partial charge on any atom is -0.464 e. The van der Waals surface area contributed by atoms with Crippen LogP contribution in [0, 0.1) is 0 Å². The van der Waals surface area contributed by atoms with Crippen molar-refractivity contribution in [1.82, 2.24) is 0 Å². The van der Waals surface area contributed by atoms with E-state index in [-0.39, 0.29) is 5.97 Å². The van der Waals surface area contributed by atoms with Gasteiger partial charge in [0.1, 0.15) is 6.04 Å². The van der Waals surface area contributed by atoms with Crippen LogP contribution in [0.25, 0.3) is 0 Å². The van der Waals surface area contributed by atoms with Crippen molar-refractivity contribution < 1.29 is 9.53 Å². The monoisotopic (exact) mass is 289 g/mol. The van der Waals surface area contributed by atoms with E-state index < -0.39 is 6.04 Å². The van der Waals surface area contributed by atoms with Crippen LogP contribution < -0.4 is 5.32 Å². The first kappa shape index (κ1) is 15.1. The third-order valence-electron chi connectivity index (χ3n) is 2.40. The van der Waals surface area contributed by atoms with Crippen molar-refractivity contribution in [3.8, 4) is 0 Å². The number of benzene rings is 1. The van der Waals surface area contributed by atoms with E-state index in [4.69, 9.17) is 27.9 Å². The van der Waals surface area contributed by atoms with Crippen molar-refractivity contribution in [2.75, 3.05) is 11.9 Å². The van der Waals surface area contributed by atoms with E-state index in [0.29, 0.717) is 16.7 Å². The van der Waals surface area contributed by atoms with Crippen molar-refractivity contribution in [2.24, 2.45) is 0 Å². The average Bonchev–Trinajstić information content (AvgIpc) is 2.34. The Bertz CT molecular complexity index is 410. The Balaban J connectivity index is 2.50. The quantitative estimate of drug-likeness (QED) is 0.632. The van der Waals surface area contributed by atoms with Gasteiger partial charge in [-0.05, 0) is 31.5 Å². The Hall–Kier alpha value is -0.930. The van der Waals surface area contributed by atoms with E-state index in [1.807, 2.05) is 6.92 Å². The van der Waals surface area contributed by atoms with Crippen LogP contribution in [-0.2, 0) is 9.53 Å². The van der Waals surface area contributed by atoms with Gasteiger partial charge in [-0.1, -0.05) is 36.5 Å². The summed E-state index contributed by atoms with van der Waals surface area (Å²) in [4.78, 5) is 11.6. The molecule has 5 heteroatoms. The standard InChI is InChI=1S/C13H17Cl2NO2/c1-3-4-7-18-13(17)9(2)16-10-5-6-11(14)12(15)8-10/h5-6,8-9,16H,3-4,7H2,1-2H3. The second-order valence-electron chi connectivity index (χ2n) is 4.02. The molecule has 1 rings (SSSR count). The molecule has 0 heterocycles. The largest absolute Gasteiger partial charge is 0.464 e. The van der Waals surface area contributed by atoms with Crippen LogP contribution in [0.2, 0.25) is 10.0 Å². The fourth-order valence-corrected chi connectivity index (χ4v) is 1.64. The molecule has 0 aliphatic carbocycles. The molecule has 0 radical (unpaired) electrons. The average molecular weight is 290 g/mol. The number of carbonyl (C=O) groups is 1. The predicted octanol–water partition coefficient (Wildman–Crippen LogP) is 4.14. The first-order valence-corrected chi connectivity index (χ1v) is 6.68. The number of rotatable bonds is 6. The molecule has 0 saturated carbocycles. The number of halogens is 2. The van der Waals surface area contributed by atoms with E-state index in [1.165, 1.54) is 0 Å². The molecule has 1 aromatic carbocycles. The Morgan fingerprint density at radius 1 is 1.39 bits per heavy atom. The van der Waals surface area contributed by atoms with Gasteiger partial charge < -0.3 is 10.1 Å². The molecule has 1 unspecified atom stereocenters. The fraction of sp³-hybridized carbons (Fsp3) is 0.462. The predicted molar refractivity (Wildman–Crippen MR) is 75.4 cm³/mol. The Kier molecular flexibility index (Phi) is 6.30. The number of ether oxygens (including phenoxy) is 1. The summed E-state index contributed by atoms with van der Waals surface area (Å²) in [5.74, 6) is -0.269. The molecular formula is C13H17Cl2NO2. The summed E-state index contributed by atoms with van der Waals surface area (Å²) in [7, 11) is 0. The Morgan fingerprint density at radius 3 is 2.72 bits per heavy atom. The number of anilines is 1. The lowest BCUT2D eigenvalue weighted by molar-refractivity contribution is -0.144. The number of nitrogens with one attached hydrogen (secondary N) is 1. The molecule has 0 aliphatic rings. The number of esters is 1. The maximum atomic E-state index is 11.6. The summed E-state index contributed by atoms with van der Waals surface area (Å²) in [6.45, 7) is 4.25.